The molecule has 1 amide bonds. The topological polar surface area (TPSA) is 135 Å². The molecular weight excluding hydrogens is 355 g/mol. The third-order valence-corrected chi connectivity index (χ3v) is 4.23. The van der Waals surface area contributed by atoms with Gasteiger partial charge in [-0.1, -0.05) is 0 Å². The average molecular weight is 372 g/mol. The third kappa shape index (κ3) is 4.13. The molecule has 3 rings (SSSR count). The number of aromatic carboxylic acids is 1. The van der Waals surface area contributed by atoms with Crippen molar-refractivity contribution in [2.45, 2.75) is 25.4 Å². The Morgan fingerprint density at radius 1 is 1.33 bits per heavy atom. The number of aromatic nitrogens is 3. The third-order valence-electron chi connectivity index (χ3n) is 4.23. The summed E-state index contributed by atoms with van der Waals surface area (Å²) in [6.45, 7) is 0.680. The van der Waals surface area contributed by atoms with Crippen LogP contribution in [0.15, 0.2) is 24.8 Å². The first-order chi connectivity index (χ1) is 13.0. The monoisotopic (exact) mass is 372 g/mol. The van der Waals surface area contributed by atoms with E-state index in [1.54, 1.807) is 4.90 Å². The fourth-order valence-corrected chi connectivity index (χ4v) is 2.79. The van der Waals surface area contributed by atoms with Gasteiger partial charge in [0.25, 0.3) is 0 Å². The van der Waals surface area contributed by atoms with Gasteiger partial charge in [-0.15, -0.1) is 0 Å². The van der Waals surface area contributed by atoms with Gasteiger partial charge in [-0.25, -0.2) is 9.67 Å². The summed E-state index contributed by atoms with van der Waals surface area (Å²) in [4.78, 5) is 28.9. The normalized spacial score (nSPS) is 13.7. The Labute approximate surface area is 154 Å². The van der Waals surface area contributed by atoms with Crippen LogP contribution in [-0.2, 0) is 22.5 Å². The van der Waals surface area contributed by atoms with Crippen molar-refractivity contribution in [1.82, 2.24) is 19.7 Å². The first-order valence-electron chi connectivity index (χ1n) is 8.28. The molecule has 1 saturated heterocycles. The Morgan fingerprint density at radius 3 is 2.74 bits per heavy atom. The summed E-state index contributed by atoms with van der Waals surface area (Å²) in [7, 11) is 0.698. The van der Waals surface area contributed by atoms with Gasteiger partial charge in [-0.05, 0) is 0 Å². The molecule has 1 aliphatic heterocycles. The molecule has 0 unspecified atom stereocenters. The molecular formula is C16H17BN4O6. The molecule has 2 heterocycles. The minimum atomic E-state index is -1.33. The number of amides is 1. The molecule has 10 nitrogen and oxygen atoms in total. The number of ether oxygens (including phenoxy) is 1. The number of aromatic hydroxyl groups is 1. The van der Waals surface area contributed by atoms with Crippen LogP contribution in [-0.4, -0.2) is 68.1 Å². The molecule has 1 aromatic carbocycles. The second-order valence-electron chi connectivity index (χ2n) is 6.09. The maximum atomic E-state index is 12.1. The molecule has 11 heteroatoms. The molecule has 0 radical (unpaired) electrons. The molecule has 0 saturated carbocycles. The maximum absolute atomic E-state index is 12.1. The van der Waals surface area contributed by atoms with E-state index in [2.05, 4.69) is 10.1 Å². The predicted molar refractivity (Wildman–Crippen MR) is 91.0 cm³/mol. The number of carboxylic acid groups (broad SMARTS) is 1. The van der Waals surface area contributed by atoms with Crippen molar-refractivity contribution in [2.24, 2.45) is 0 Å². The van der Waals surface area contributed by atoms with Crippen LogP contribution in [0.4, 0.5) is 0 Å². The molecule has 0 aliphatic carbocycles. The van der Waals surface area contributed by atoms with Crippen molar-refractivity contribution in [3.8, 4) is 11.5 Å². The number of nitrogens with zero attached hydrogens (tertiary/aromatic N) is 4. The molecule has 1 aliphatic rings. The Bertz CT molecular complexity index is 851. The van der Waals surface area contributed by atoms with Crippen molar-refractivity contribution in [3.63, 3.8) is 0 Å². The summed E-state index contributed by atoms with van der Waals surface area (Å²) in [6, 6.07) is 3.00. The van der Waals surface area contributed by atoms with Crippen LogP contribution in [0.2, 0.25) is 6.32 Å². The van der Waals surface area contributed by atoms with Crippen molar-refractivity contribution >= 4 is 19.0 Å². The van der Waals surface area contributed by atoms with Crippen LogP contribution in [0, 0.1) is 0 Å². The van der Waals surface area contributed by atoms with Gasteiger partial charge in [0.1, 0.15) is 12.7 Å². The molecule has 140 valence electrons. The molecule has 1 fully saturated rings. The molecule has 0 bridgehead atoms. The van der Waals surface area contributed by atoms with Gasteiger partial charge in [0.15, 0.2) is 0 Å². The quantitative estimate of drug-likeness (QED) is 0.618. The van der Waals surface area contributed by atoms with Crippen LogP contribution >= 0.6 is 0 Å². The average Bonchev–Trinajstić information content (AvgIpc) is 3.09. The van der Waals surface area contributed by atoms with E-state index in [1.807, 2.05) is 0 Å². The van der Waals surface area contributed by atoms with Gasteiger partial charge < -0.3 is 0 Å². The molecule has 2 aromatic rings. The van der Waals surface area contributed by atoms with Gasteiger partial charge >= 0.3 is 126 Å². The van der Waals surface area contributed by atoms with E-state index in [9.17, 15) is 24.5 Å². The van der Waals surface area contributed by atoms with E-state index in [4.69, 9.17) is 4.74 Å². The van der Waals surface area contributed by atoms with Gasteiger partial charge in [-0.3, -0.25) is 0 Å². The Morgan fingerprint density at radius 2 is 2.11 bits per heavy atom. The van der Waals surface area contributed by atoms with E-state index in [0.717, 1.165) is 0 Å². The number of hydrogen-bond acceptors (Lipinski definition) is 7. The molecule has 1 aromatic heterocycles. The number of carboxylic acids is 1. The standard InChI is InChI=1S/C16H17BN4O6/c22-13(7-21-9-18-8-19-21)20-5-11(6-20)27-12-2-1-10(3-4-17-26)15(23)14(12)16(24)25/h1-2,8-9,11,23H,3-7H2,(H,24,25). The Balaban J connectivity index is 1.63. The van der Waals surface area contributed by atoms with Crippen LogP contribution in [0.5, 0.6) is 11.5 Å². The van der Waals surface area contributed by atoms with Crippen molar-refractivity contribution in [3.05, 3.63) is 35.9 Å². The van der Waals surface area contributed by atoms with E-state index in [1.165, 1.54) is 29.5 Å². The van der Waals surface area contributed by atoms with Crippen LogP contribution in [0.25, 0.3) is 0 Å². The van der Waals surface area contributed by atoms with Gasteiger partial charge in [-0.2, -0.15) is 5.10 Å². The summed E-state index contributed by atoms with van der Waals surface area (Å²) in [5.41, 5.74) is 0.0240. The van der Waals surface area contributed by atoms with Gasteiger partial charge in [0.2, 0.25) is 0 Å². The zero-order valence-electron chi connectivity index (χ0n) is 14.3. The van der Waals surface area contributed by atoms with Gasteiger partial charge in [0, 0.05) is 0 Å². The second-order valence-corrected chi connectivity index (χ2v) is 6.09. The number of likely N-dealkylation sites (tertiary alicyclic amines) is 1. The zero-order valence-corrected chi connectivity index (χ0v) is 14.3. The molecule has 27 heavy (non-hydrogen) atoms. The number of rotatable bonds is 8. The Kier molecular flexibility index (Phi) is 5.48. The van der Waals surface area contributed by atoms with Crippen molar-refractivity contribution < 1.29 is 29.2 Å². The number of phenols is 1. The first-order valence-corrected chi connectivity index (χ1v) is 8.28. The summed E-state index contributed by atoms with van der Waals surface area (Å²) in [6.07, 6.45) is 2.83. The number of aryl methyl sites for hydroxylation is 1. The van der Waals surface area contributed by atoms with E-state index < -0.39 is 11.7 Å². The fraction of sp³-hybridized carbons (Fsp3) is 0.375. The minimum absolute atomic E-state index is 0.0308. The molecule has 0 atom stereocenters. The number of hydrogen-bond donors (Lipinski definition) is 2. The van der Waals surface area contributed by atoms with Crippen LogP contribution in [0.3, 0.4) is 0 Å². The number of carbonyl (C=O) groups is 2. The van der Waals surface area contributed by atoms with Gasteiger partial charge in [0.05, 0.1) is 0 Å². The van der Waals surface area contributed by atoms with Crippen molar-refractivity contribution in [1.29, 1.82) is 0 Å². The first kappa shape index (κ1) is 18.6. The van der Waals surface area contributed by atoms with E-state index >= 15 is 0 Å². The summed E-state index contributed by atoms with van der Waals surface area (Å²) in [5, 5.41) is 23.5. The second kappa shape index (κ2) is 7.98. The number of benzene rings is 1. The predicted octanol–water partition coefficient (Wildman–Crippen LogP) is -0.0178. The number of carbonyl (C=O) groups excluding carboxylic acids is 1. The SMILES string of the molecule is O=BCCc1ccc(OC2CN(C(=O)Cn3cncn3)C2)c(C(=O)O)c1O. The summed E-state index contributed by atoms with van der Waals surface area (Å²) in [5.74, 6) is -1.84. The van der Waals surface area contributed by atoms with Crippen molar-refractivity contribution in [2.75, 3.05) is 13.1 Å². The van der Waals surface area contributed by atoms with E-state index in [0.29, 0.717) is 25.8 Å². The summed E-state index contributed by atoms with van der Waals surface area (Å²) >= 11 is 0. The Hall–Kier alpha value is -3.24. The molecule has 2 N–H and O–H groups in total. The van der Waals surface area contributed by atoms with Crippen LogP contribution < -0.4 is 4.74 Å². The molecule has 0 spiro atoms. The van der Waals surface area contributed by atoms with Crippen LogP contribution in [0.1, 0.15) is 15.9 Å². The fourth-order valence-electron chi connectivity index (χ4n) is 2.79. The van der Waals surface area contributed by atoms with E-state index in [-0.39, 0.29) is 42.6 Å². The summed E-state index contributed by atoms with van der Waals surface area (Å²) < 4.78 is 17.6. The zero-order chi connectivity index (χ0) is 19.4.